The maximum absolute atomic E-state index is 12.5. The van der Waals surface area contributed by atoms with Gasteiger partial charge >= 0.3 is 0 Å². The van der Waals surface area contributed by atoms with Crippen molar-refractivity contribution in [1.29, 1.82) is 0 Å². The largest absolute Gasteiger partial charge is 0.504 e. The third-order valence-electron chi connectivity index (χ3n) is 7.29. The molecule has 2 aromatic rings. The number of allylic oxidation sites excluding steroid dienone is 1. The molecule has 1 spiro atoms. The lowest BCUT2D eigenvalue weighted by atomic mass is 9.67. The van der Waals surface area contributed by atoms with Gasteiger partial charge < -0.3 is 44.1 Å². The molecule has 0 aromatic heterocycles. The predicted octanol–water partition coefficient (Wildman–Crippen LogP) is 2.56. The maximum atomic E-state index is 12.5. The van der Waals surface area contributed by atoms with E-state index in [9.17, 15) is 20.1 Å². The molecule has 1 heterocycles. The van der Waals surface area contributed by atoms with Crippen LogP contribution in [0.3, 0.4) is 0 Å². The van der Waals surface area contributed by atoms with Gasteiger partial charge in [0.25, 0.3) is 0 Å². The molecule has 0 bridgehead atoms. The number of hydrogen-bond donors (Lipinski definition) is 4. The van der Waals surface area contributed by atoms with Gasteiger partial charge in [-0.1, -0.05) is 30.4 Å². The monoisotopic (exact) mass is 554 g/mol. The third kappa shape index (κ3) is 5.44. The number of carbonyl (C=O) groups excluding carboxylic acids is 1. The predicted molar refractivity (Wildman–Crippen MR) is 145 cm³/mol. The van der Waals surface area contributed by atoms with Crippen molar-refractivity contribution in [3.8, 4) is 23.0 Å². The lowest BCUT2D eigenvalue weighted by molar-refractivity contribution is -0.114. The van der Waals surface area contributed by atoms with Gasteiger partial charge in [-0.3, -0.25) is 4.79 Å². The van der Waals surface area contributed by atoms with Crippen LogP contribution >= 0.6 is 0 Å². The van der Waals surface area contributed by atoms with Gasteiger partial charge in [0.2, 0.25) is 5.78 Å². The smallest absolute Gasteiger partial charge is 0.219 e. The Bertz CT molecular complexity index is 1300. The number of rotatable bonds is 11. The Hall–Kier alpha value is -3.83. The standard InChI is InChI=1S/C30H34O10/c1-36-24-14-19(7-8-21(24)34)28-20(16-32)30(11-10-22(35)26(15-30)38-3)29(40-28)27(17-33)39-23-9-6-18(5-4-12-31)13-25(23)37-2/h4-11,13-15,20,27-29,31-34H,12,16-17H2,1-3H3/b5-4+/t20-,27-,28-,29-,30?/m1/s1. The number of ketones is 1. The van der Waals surface area contributed by atoms with Crippen LogP contribution < -0.4 is 14.2 Å². The van der Waals surface area contributed by atoms with Crippen LogP contribution in [0.15, 0.2) is 66.5 Å². The van der Waals surface area contributed by atoms with Crippen molar-refractivity contribution in [2.45, 2.75) is 18.3 Å². The van der Waals surface area contributed by atoms with E-state index in [0.717, 1.165) is 5.56 Å². The number of carbonyl (C=O) groups is 1. The van der Waals surface area contributed by atoms with E-state index in [1.54, 1.807) is 54.6 Å². The number of aliphatic hydroxyl groups excluding tert-OH is 3. The van der Waals surface area contributed by atoms with Crippen LogP contribution in [0.4, 0.5) is 0 Å². The lowest BCUT2D eigenvalue weighted by Gasteiger charge is -2.38. The molecule has 214 valence electrons. The Morgan fingerprint density at radius 3 is 2.42 bits per heavy atom. The first-order chi connectivity index (χ1) is 19.3. The molecule has 5 atom stereocenters. The number of ether oxygens (including phenoxy) is 5. The summed E-state index contributed by atoms with van der Waals surface area (Å²) in [6.45, 7) is -0.922. The molecule has 10 nitrogen and oxygen atoms in total. The highest BCUT2D eigenvalue weighted by Gasteiger charge is 2.58. The molecule has 2 aromatic carbocycles. The number of phenols is 1. The quantitative estimate of drug-likeness (QED) is 0.327. The summed E-state index contributed by atoms with van der Waals surface area (Å²) < 4.78 is 29.0. The van der Waals surface area contributed by atoms with Gasteiger partial charge in [0.1, 0.15) is 12.2 Å². The summed E-state index contributed by atoms with van der Waals surface area (Å²) in [6, 6.07) is 9.94. The van der Waals surface area contributed by atoms with Gasteiger partial charge in [-0.2, -0.15) is 0 Å². The van der Waals surface area contributed by atoms with Crippen molar-refractivity contribution < 1.29 is 48.9 Å². The molecule has 40 heavy (non-hydrogen) atoms. The van der Waals surface area contributed by atoms with Crippen LogP contribution in [0.5, 0.6) is 23.0 Å². The zero-order valence-electron chi connectivity index (χ0n) is 22.5. The number of phenolic OH excluding ortho intramolecular Hbond substituents is 1. The summed E-state index contributed by atoms with van der Waals surface area (Å²) in [5, 5.41) is 40.4. The topological polar surface area (TPSA) is 144 Å². The molecule has 1 saturated heterocycles. The van der Waals surface area contributed by atoms with E-state index >= 15 is 0 Å². The van der Waals surface area contributed by atoms with E-state index < -0.39 is 36.3 Å². The summed E-state index contributed by atoms with van der Waals surface area (Å²) in [5.41, 5.74) is 0.270. The molecule has 0 saturated carbocycles. The molecular formula is C30H34O10. The molecular weight excluding hydrogens is 520 g/mol. The molecule has 0 radical (unpaired) electrons. The fourth-order valence-electron chi connectivity index (χ4n) is 5.34. The fourth-order valence-corrected chi connectivity index (χ4v) is 5.34. The van der Waals surface area contributed by atoms with Gasteiger partial charge in [-0.25, -0.2) is 0 Å². The van der Waals surface area contributed by atoms with E-state index in [2.05, 4.69) is 0 Å². The van der Waals surface area contributed by atoms with Gasteiger partial charge in [0.15, 0.2) is 28.8 Å². The molecule has 2 aliphatic rings. The molecule has 10 heteroatoms. The first-order valence-electron chi connectivity index (χ1n) is 12.7. The Morgan fingerprint density at radius 1 is 1.00 bits per heavy atom. The summed E-state index contributed by atoms with van der Waals surface area (Å²) in [5.74, 6) is 0.0113. The van der Waals surface area contributed by atoms with Crippen molar-refractivity contribution in [3.05, 3.63) is 77.6 Å². The average molecular weight is 555 g/mol. The van der Waals surface area contributed by atoms with Crippen LogP contribution in [0.2, 0.25) is 0 Å². The molecule has 4 N–H and O–H groups in total. The van der Waals surface area contributed by atoms with Crippen molar-refractivity contribution in [3.63, 3.8) is 0 Å². The Kier molecular flexibility index (Phi) is 9.16. The first-order valence-corrected chi connectivity index (χ1v) is 12.7. The number of benzene rings is 2. The normalized spacial score (nSPS) is 24.8. The van der Waals surface area contributed by atoms with Crippen molar-refractivity contribution in [1.82, 2.24) is 0 Å². The Labute approximate surface area is 232 Å². The van der Waals surface area contributed by atoms with E-state index in [4.69, 9.17) is 28.8 Å². The van der Waals surface area contributed by atoms with Gasteiger partial charge in [-0.15, -0.1) is 0 Å². The first kappa shape index (κ1) is 29.2. The zero-order valence-corrected chi connectivity index (χ0v) is 22.5. The average Bonchev–Trinajstić information content (AvgIpc) is 3.29. The molecule has 1 aliphatic carbocycles. The van der Waals surface area contributed by atoms with Crippen molar-refractivity contribution in [2.75, 3.05) is 41.2 Å². The van der Waals surface area contributed by atoms with Gasteiger partial charge in [0, 0.05) is 17.9 Å². The van der Waals surface area contributed by atoms with Crippen LogP contribution in [0.25, 0.3) is 6.08 Å². The lowest BCUT2D eigenvalue weighted by Crippen LogP contribution is -2.47. The van der Waals surface area contributed by atoms with Crippen molar-refractivity contribution in [2.24, 2.45) is 11.3 Å². The maximum Gasteiger partial charge on any atom is 0.219 e. The van der Waals surface area contributed by atoms with Crippen LogP contribution in [0.1, 0.15) is 17.2 Å². The van der Waals surface area contributed by atoms with E-state index in [-0.39, 0.29) is 36.3 Å². The second kappa shape index (κ2) is 12.6. The fraction of sp³-hybridized carbons (Fsp3) is 0.367. The van der Waals surface area contributed by atoms with E-state index in [0.29, 0.717) is 17.1 Å². The number of hydrogen-bond acceptors (Lipinski definition) is 10. The third-order valence-corrected chi connectivity index (χ3v) is 7.29. The summed E-state index contributed by atoms with van der Waals surface area (Å²) in [7, 11) is 4.30. The Morgan fingerprint density at radius 2 is 1.77 bits per heavy atom. The summed E-state index contributed by atoms with van der Waals surface area (Å²) in [4.78, 5) is 12.5. The van der Waals surface area contributed by atoms with Gasteiger partial charge in [0.05, 0.1) is 40.6 Å². The summed E-state index contributed by atoms with van der Waals surface area (Å²) >= 11 is 0. The minimum absolute atomic E-state index is 0.0540. The van der Waals surface area contributed by atoms with Crippen LogP contribution in [-0.2, 0) is 14.3 Å². The van der Waals surface area contributed by atoms with Gasteiger partial charge in [-0.05, 0) is 47.5 Å². The van der Waals surface area contributed by atoms with Crippen LogP contribution in [-0.4, -0.2) is 79.6 Å². The second-order valence-electron chi connectivity index (χ2n) is 9.44. The minimum atomic E-state index is -1.12. The van der Waals surface area contributed by atoms with E-state index in [1.165, 1.54) is 33.5 Å². The second-order valence-corrected chi connectivity index (χ2v) is 9.44. The number of aliphatic hydroxyl groups is 3. The van der Waals surface area contributed by atoms with Crippen molar-refractivity contribution >= 4 is 11.9 Å². The Balaban J connectivity index is 1.79. The van der Waals surface area contributed by atoms with E-state index in [1.807, 2.05) is 0 Å². The number of methoxy groups -OCH3 is 3. The summed E-state index contributed by atoms with van der Waals surface area (Å²) in [6.07, 6.45) is 5.36. The zero-order chi connectivity index (χ0) is 28.9. The highest BCUT2D eigenvalue weighted by atomic mass is 16.6. The minimum Gasteiger partial charge on any atom is -0.504 e. The molecule has 1 fully saturated rings. The highest BCUT2D eigenvalue weighted by Crippen LogP contribution is 2.56. The highest BCUT2D eigenvalue weighted by molar-refractivity contribution is 6.03. The molecule has 4 rings (SSSR count). The molecule has 1 aliphatic heterocycles. The van der Waals surface area contributed by atoms with Crippen LogP contribution in [0, 0.1) is 11.3 Å². The molecule has 0 amide bonds. The number of aromatic hydroxyl groups is 1. The molecule has 1 unspecified atom stereocenters. The SMILES string of the molecule is COC1=CC2(C=CC1=O)[C@H](CO)[C@@H](c1ccc(O)c(OC)c1)O[C@@H]2[C@@H](CO)Oc1ccc(/C=C/CO)cc1OC.